The maximum atomic E-state index is 9.21. The standard InChI is InChI=1S/C15H11N4O/c1-10-5-14(15(8-18,9-19)20-3)11(2)4-13(10)12(6-16)7-17/h4-5H,1-3H3/q-1. The van der Waals surface area contributed by atoms with Gasteiger partial charge < -0.3 is 10.1 Å². The zero-order valence-electron chi connectivity index (χ0n) is 11.4. The fourth-order valence-electron chi connectivity index (χ4n) is 1.96. The van der Waals surface area contributed by atoms with Crippen LogP contribution >= 0.6 is 0 Å². The van der Waals surface area contributed by atoms with E-state index in [9.17, 15) is 10.5 Å². The molecule has 5 nitrogen and oxygen atoms in total. The molecule has 0 N–H and O–H groups in total. The van der Waals surface area contributed by atoms with Crippen LogP contribution in [0, 0.1) is 47.8 Å². The molecule has 0 saturated heterocycles. The van der Waals surface area contributed by atoms with E-state index in [-0.39, 0.29) is 5.57 Å². The Bertz CT molecular complexity index is 708. The summed E-state index contributed by atoms with van der Waals surface area (Å²) in [6, 6.07) is 8.77. The molecule has 0 aliphatic carbocycles. The molecule has 1 aromatic carbocycles. The number of hydrogen-bond acceptors (Lipinski definition) is 4. The van der Waals surface area contributed by atoms with E-state index < -0.39 is 5.60 Å². The van der Waals surface area contributed by atoms with Crippen molar-refractivity contribution in [2.24, 2.45) is 0 Å². The molecule has 20 heavy (non-hydrogen) atoms. The number of methoxy groups -OCH3 is 1. The number of hydrogen-bond donors (Lipinski definition) is 0. The van der Waals surface area contributed by atoms with Gasteiger partial charge in [0.05, 0.1) is 5.57 Å². The van der Waals surface area contributed by atoms with Crippen molar-refractivity contribution in [3.63, 3.8) is 0 Å². The van der Waals surface area contributed by atoms with Crippen LogP contribution in [0.4, 0.5) is 0 Å². The Kier molecular flexibility index (Phi) is 4.42. The minimum atomic E-state index is -1.69. The summed E-state index contributed by atoms with van der Waals surface area (Å²) < 4.78 is 5.05. The highest BCUT2D eigenvalue weighted by molar-refractivity contribution is 5.99. The predicted octanol–water partition coefficient (Wildman–Crippen LogP) is 2.34. The lowest BCUT2D eigenvalue weighted by Gasteiger charge is -2.21. The third-order valence-electron chi connectivity index (χ3n) is 3.06. The summed E-state index contributed by atoms with van der Waals surface area (Å²) >= 11 is 0. The summed E-state index contributed by atoms with van der Waals surface area (Å²) in [5, 5.41) is 36.3. The highest BCUT2D eigenvalue weighted by Gasteiger charge is 2.34. The maximum absolute atomic E-state index is 9.21. The molecule has 0 aliphatic heterocycles. The van der Waals surface area contributed by atoms with Gasteiger partial charge in [0.1, 0.15) is 18.2 Å². The average molecular weight is 263 g/mol. The molecule has 0 amide bonds. The Morgan fingerprint density at radius 3 is 2.15 bits per heavy atom. The molecule has 0 heterocycles. The lowest BCUT2D eigenvalue weighted by Crippen LogP contribution is -2.25. The molecule has 0 atom stereocenters. The molecule has 0 unspecified atom stereocenters. The van der Waals surface area contributed by atoms with Crippen LogP contribution in [0.5, 0.6) is 0 Å². The number of nitriles is 3. The van der Waals surface area contributed by atoms with Crippen LogP contribution in [0.15, 0.2) is 12.1 Å². The Labute approximate surface area is 117 Å². The van der Waals surface area contributed by atoms with E-state index in [1.807, 2.05) is 24.1 Å². The van der Waals surface area contributed by atoms with Crippen molar-refractivity contribution < 1.29 is 4.74 Å². The Balaban J connectivity index is 3.64. The van der Waals surface area contributed by atoms with E-state index in [2.05, 4.69) is 0 Å². The molecule has 5 heteroatoms. The van der Waals surface area contributed by atoms with Gasteiger partial charge in [0.15, 0.2) is 0 Å². The molecule has 98 valence electrons. The molecule has 0 aromatic heterocycles. The molecule has 1 aromatic rings. The van der Waals surface area contributed by atoms with Crippen LogP contribution in [0.25, 0.3) is 11.0 Å². The summed E-state index contributed by atoms with van der Waals surface area (Å²) in [5.41, 5.74) is 0.467. The van der Waals surface area contributed by atoms with Gasteiger partial charge in [0.25, 0.3) is 5.60 Å². The van der Waals surface area contributed by atoms with Crippen molar-refractivity contribution in [2.45, 2.75) is 19.4 Å². The van der Waals surface area contributed by atoms with Crippen LogP contribution in [0.2, 0.25) is 0 Å². The highest BCUT2D eigenvalue weighted by Crippen LogP contribution is 2.30. The fraction of sp³-hybridized carbons (Fsp3) is 0.267. The number of ether oxygens (including phenoxy) is 1. The second-order valence-electron chi connectivity index (χ2n) is 4.19. The molecule has 1 rings (SSSR count). The van der Waals surface area contributed by atoms with Crippen molar-refractivity contribution in [2.75, 3.05) is 7.11 Å². The summed E-state index contributed by atoms with van der Waals surface area (Å²) in [5.74, 6) is 1.83. The van der Waals surface area contributed by atoms with Gasteiger partial charge in [-0.1, -0.05) is 6.07 Å². The number of allylic oxidation sites excluding steroid dienone is 1. The molecular weight excluding hydrogens is 252 g/mol. The second-order valence-corrected chi connectivity index (χ2v) is 4.19. The van der Waals surface area contributed by atoms with Crippen LogP contribution in [-0.2, 0) is 10.3 Å². The first kappa shape index (κ1) is 15.2. The molecule has 0 radical (unpaired) electrons. The predicted molar refractivity (Wildman–Crippen MR) is 73.2 cm³/mol. The highest BCUT2D eigenvalue weighted by atomic mass is 16.5. The molecule has 0 fully saturated rings. The quantitative estimate of drug-likeness (QED) is 0.616. The van der Waals surface area contributed by atoms with Gasteiger partial charge in [-0.25, -0.2) is 5.87 Å². The SMILES string of the molecule is COC(C#N)(C#N)c1cc(C)c(C(=C=[N-])C#N)cc1C. The molecule has 0 spiro atoms. The lowest BCUT2D eigenvalue weighted by molar-refractivity contribution is 0.0854. The van der Waals surface area contributed by atoms with E-state index in [0.29, 0.717) is 22.3 Å². The number of nitrogens with zero attached hydrogens (tertiary/aromatic N) is 4. The van der Waals surface area contributed by atoms with E-state index in [0.717, 1.165) is 0 Å². The van der Waals surface area contributed by atoms with Gasteiger partial charge in [0, 0.05) is 18.2 Å². The average Bonchev–Trinajstić information content (AvgIpc) is 2.47. The summed E-state index contributed by atoms with van der Waals surface area (Å²) in [4.78, 5) is 0. The number of benzene rings is 1. The van der Waals surface area contributed by atoms with Crippen molar-refractivity contribution in [3.8, 4) is 18.2 Å². The van der Waals surface area contributed by atoms with E-state index >= 15 is 0 Å². The Hall–Kier alpha value is -2.90. The Morgan fingerprint density at radius 2 is 1.75 bits per heavy atom. The minimum Gasteiger partial charge on any atom is -0.762 e. The van der Waals surface area contributed by atoms with Gasteiger partial charge in [-0.05, 0) is 31.0 Å². The van der Waals surface area contributed by atoms with E-state index in [1.54, 1.807) is 26.0 Å². The van der Waals surface area contributed by atoms with Crippen LogP contribution in [0.3, 0.4) is 0 Å². The first-order chi connectivity index (χ1) is 9.49. The lowest BCUT2D eigenvalue weighted by atomic mass is 9.87. The first-order valence-electron chi connectivity index (χ1n) is 5.66. The van der Waals surface area contributed by atoms with Gasteiger partial charge in [-0.15, -0.1) is 0 Å². The number of aryl methyl sites for hydroxylation is 2. The Morgan fingerprint density at radius 1 is 1.15 bits per heavy atom. The summed E-state index contributed by atoms with van der Waals surface area (Å²) in [6.45, 7) is 3.41. The zero-order chi connectivity index (χ0) is 15.3. The minimum absolute atomic E-state index is 0.00548. The monoisotopic (exact) mass is 263 g/mol. The molecular formula is C15H11N4O-. The normalized spacial score (nSPS) is 9.80. The van der Waals surface area contributed by atoms with E-state index in [1.165, 1.54) is 7.11 Å². The van der Waals surface area contributed by atoms with Gasteiger partial charge in [-0.2, -0.15) is 15.8 Å². The largest absolute Gasteiger partial charge is 0.762 e. The van der Waals surface area contributed by atoms with Crippen LogP contribution < -0.4 is 0 Å². The van der Waals surface area contributed by atoms with Crippen molar-refractivity contribution in [1.82, 2.24) is 0 Å². The third kappa shape index (κ3) is 2.30. The summed E-state index contributed by atoms with van der Waals surface area (Å²) in [6.07, 6.45) is 0. The number of rotatable bonds is 3. The van der Waals surface area contributed by atoms with Gasteiger partial charge in [-0.3, -0.25) is 0 Å². The topological polar surface area (TPSA) is 103 Å². The van der Waals surface area contributed by atoms with Crippen molar-refractivity contribution in [3.05, 3.63) is 39.8 Å². The fourth-order valence-corrected chi connectivity index (χ4v) is 1.96. The zero-order valence-corrected chi connectivity index (χ0v) is 11.4. The first-order valence-corrected chi connectivity index (χ1v) is 5.66. The van der Waals surface area contributed by atoms with Crippen molar-refractivity contribution in [1.29, 1.82) is 15.8 Å². The molecule has 0 saturated carbocycles. The smallest absolute Gasteiger partial charge is 0.267 e. The van der Waals surface area contributed by atoms with Crippen LogP contribution in [0.1, 0.15) is 22.3 Å². The van der Waals surface area contributed by atoms with Gasteiger partial charge in [0.2, 0.25) is 0 Å². The summed E-state index contributed by atoms with van der Waals surface area (Å²) in [7, 11) is 1.29. The molecule has 0 bridgehead atoms. The third-order valence-corrected chi connectivity index (χ3v) is 3.06. The molecule has 0 aliphatic rings. The van der Waals surface area contributed by atoms with Gasteiger partial charge >= 0.3 is 0 Å². The second kappa shape index (κ2) is 5.83. The van der Waals surface area contributed by atoms with E-state index in [4.69, 9.17) is 15.4 Å². The van der Waals surface area contributed by atoms with Crippen molar-refractivity contribution >= 4 is 11.4 Å². The maximum Gasteiger partial charge on any atom is 0.267 e. The van der Waals surface area contributed by atoms with Crippen LogP contribution in [-0.4, -0.2) is 13.0 Å².